The monoisotopic (exact) mass is 732 g/mol. The highest BCUT2D eigenvalue weighted by Gasteiger charge is 2.66. The zero-order valence-corrected chi connectivity index (χ0v) is 32.5. The van der Waals surface area contributed by atoms with Gasteiger partial charge in [-0.25, -0.2) is 4.39 Å². The molecule has 0 aromatic carbocycles. The molecule has 0 bridgehead atoms. The molecule has 12 heteroatoms. The van der Waals surface area contributed by atoms with E-state index in [1.54, 1.807) is 21.3 Å². The van der Waals surface area contributed by atoms with E-state index >= 15 is 0 Å². The first-order valence-corrected chi connectivity index (χ1v) is 19.4. The van der Waals surface area contributed by atoms with Crippen LogP contribution >= 0.6 is 0 Å². The van der Waals surface area contributed by atoms with Crippen molar-refractivity contribution in [3.63, 3.8) is 0 Å². The first-order valence-electron chi connectivity index (χ1n) is 19.4. The van der Waals surface area contributed by atoms with Gasteiger partial charge in [0.1, 0.15) is 26.6 Å². The molecule has 0 radical (unpaired) electrons. The van der Waals surface area contributed by atoms with Crippen LogP contribution in [0.2, 0.25) is 0 Å². The van der Waals surface area contributed by atoms with Gasteiger partial charge in [-0.05, 0) is 106 Å². The first-order chi connectivity index (χ1) is 24.5. The molecule has 0 spiro atoms. The summed E-state index contributed by atoms with van der Waals surface area (Å²) in [6.45, 7) is 12.3. The number of alkyl halides is 1. The highest BCUT2D eigenvalue weighted by atomic mass is 19.1. The van der Waals surface area contributed by atoms with Crippen LogP contribution in [0.1, 0.15) is 85.5 Å². The summed E-state index contributed by atoms with van der Waals surface area (Å²) in [6.07, 6.45) is 6.58. The van der Waals surface area contributed by atoms with Gasteiger partial charge in [-0.2, -0.15) is 0 Å². The third kappa shape index (κ3) is 10.4. The van der Waals surface area contributed by atoms with Gasteiger partial charge < -0.3 is 47.7 Å². The predicted molar refractivity (Wildman–Crippen MR) is 189 cm³/mol. The second kappa shape index (κ2) is 20.6. The van der Waals surface area contributed by atoms with E-state index in [4.69, 9.17) is 42.6 Å². The van der Waals surface area contributed by atoms with E-state index < -0.39 is 18.1 Å². The minimum absolute atomic E-state index is 0.0243. The summed E-state index contributed by atoms with van der Waals surface area (Å²) in [4.78, 5) is 11.5. The van der Waals surface area contributed by atoms with E-state index in [0.29, 0.717) is 75.7 Å². The number of methoxy groups -OCH3 is 3. The molecule has 0 amide bonds. The van der Waals surface area contributed by atoms with Crippen molar-refractivity contribution in [1.82, 2.24) is 0 Å². The number of halogens is 1. The van der Waals surface area contributed by atoms with Crippen LogP contribution in [0.3, 0.4) is 0 Å². The van der Waals surface area contributed by atoms with Gasteiger partial charge in [-0.3, -0.25) is 4.79 Å². The lowest BCUT2D eigenvalue weighted by molar-refractivity contribution is -0.253. The Morgan fingerprint density at radius 3 is 1.98 bits per heavy atom. The molecule has 13 atom stereocenters. The molecule has 4 saturated carbocycles. The first kappa shape index (κ1) is 42.8. The third-order valence-electron chi connectivity index (χ3n) is 13.7. The van der Waals surface area contributed by atoms with Gasteiger partial charge in [0.25, 0.3) is 0 Å². The maximum atomic E-state index is 15.0. The van der Waals surface area contributed by atoms with Crippen LogP contribution in [-0.4, -0.2) is 117 Å². The van der Waals surface area contributed by atoms with Crippen LogP contribution in [0.5, 0.6) is 0 Å². The van der Waals surface area contributed by atoms with Crippen LogP contribution in [0, 0.1) is 52.3 Å². The Morgan fingerprint density at radius 2 is 1.37 bits per heavy atom. The Morgan fingerprint density at radius 1 is 0.765 bits per heavy atom. The summed E-state index contributed by atoms with van der Waals surface area (Å²) in [5.41, 5.74) is -0.0901. The molecule has 0 aromatic heterocycles. The Bertz CT molecular complexity index is 1020. The lowest BCUT2D eigenvalue weighted by Gasteiger charge is -2.64. The second-order valence-electron chi connectivity index (χ2n) is 16.2. The topological polar surface area (TPSA) is 120 Å². The van der Waals surface area contributed by atoms with Gasteiger partial charge in [-0.15, -0.1) is 0 Å². The van der Waals surface area contributed by atoms with Gasteiger partial charge in [-0.1, -0.05) is 20.8 Å². The Balaban J connectivity index is 1.58. The molecule has 1 N–H and O–H groups in total. The van der Waals surface area contributed by atoms with E-state index in [9.17, 15) is 14.3 Å². The molecule has 0 heterocycles. The van der Waals surface area contributed by atoms with Gasteiger partial charge in [0.05, 0.1) is 63.9 Å². The number of carboxylic acids is 1. The normalized spacial score (nSPS) is 36.5. The second-order valence-corrected chi connectivity index (χ2v) is 16.2. The molecule has 11 nitrogen and oxygen atoms in total. The summed E-state index contributed by atoms with van der Waals surface area (Å²) >= 11 is 0. The molecular weight excluding hydrogens is 663 g/mol. The SMILES string of the molecule is COCCOCO[C@@H]1CC[C@@]2(C)[C@@H](C1)C[C@@H](OCOCCOC)[C@@H]1[C@@H]2C[C@H](OCOCCOC)[C@]2(C)[C@@H]([C@H](C)CC[C@H](F)[C@H](C)C(=O)O)CC[C@@H]12. The number of hydrogen-bond donors (Lipinski definition) is 1. The molecule has 4 fully saturated rings. The minimum Gasteiger partial charge on any atom is -0.481 e. The largest absolute Gasteiger partial charge is 0.481 e. The highest BCUT2D eigenvalue weighted by Crippen LogP contribution is 2.69. The number of ether oxygens (including phenoxy) is 9. The van der Waals surface area contributed by atoms with Gasteiger partial charge in [0.15, 0.2) is 0 Å². The number of carbonyl (C=O) groups is 1. The minimum atomic E-state index is -1.37. The van der Waals surface area contributed by atoms with Crippen molar-refractivity contribution in [2.75, 3.05) is 81.3 Å². The van der Waals surface area contributed by atoms with E-state index in [1.807, 2.05) is 0 Å². The zero-order valence-electron chi connectivity index (χ0n) is 32.5. The van der Waals surface area contributed by atoms with Crippen LogP contribution < -0.4 is 0 Å². The van der Waals surface area contributed by atoms with Crippen molar-refractivity contribution in [2.24, 2.45) is 52.3 Å². The van der Waals surface area contributed by atoms with Crippen molar-refractivity contribution < 1.29 is 56.9 Å². The van der Waals surface area contributed by atoms with E-state index in [2.05, 4.69) is 20.8 Å². The quantitative estimate of drug-likeness (QED) is 0.0883. The number of fused-ring (bicyclic) bond motifs is 5. The summed E-state index contributed by atoms with van der Waals surface area (Å²) in [5.74, 6) is -0.130. The molecular formula is C39H69FO11. The number of carboxylic acid groups (broad SMARTS) is 1. The lowest BCUT2D eigenvalue weighted by atomic mass is 9.43. The number of aliphatic carboxylic acids is 1. The molecule has 4 aliphatic carbocycles. The standard InChI is InChI=1S/C39H69FO11/c1-26(8-11-33(40)27(2)37(41)42)30-9-10-31-36-32(22-35(39(30,31)4)51-25-48-19-16-45-7)38(3)13-12-29(49-23-46-17-14-43-5)20-28(38)21-34(36)50-24-47-18-15-44-6/h26-36H,8-25H2,1-7H3,(H,41,42)/t26-,27+,28+,29-,30-,31+,32+,33+,34-,35+,36+,38+,39-/m1/s1. The summed E-state index contributed by atoms with van der Waals surface area (Å²) in [6, 6.07) is 0. The molecule has 0 unspecified atom stereocenters. The zero-order chi connectivity index (χ0) is 37.0. The van der Waals surface area contributed by atoms with Crippen molar-refractivity contribution in [2.45, 2.75) is 110 Å². The Labute approximate surface area is 306 Å². The van der Waals surface area contributed by atoms with Crippen molar-refractivity contribution in [1.29, 1.82) is 0 Å². The Kier molecular flexibility index (Phi) is 17.3. The molecule has 51 heavy (non-hydrogen) atoms. The molecule has 0 saturated heterocycles. The van der Waals surface area contributed by atoms with Gasteiger partial charge >= 0.3 is 5.97 Å². The third-order valence-corrected chi connectivity index (χ3v) is 13.7. The van der Waals surface area contributed by atoms with E-state index in [-0.39, 0.29) is 61.9 Å². The smallest absolute Gasteiger partial charge is 0.309 e. The summed E-state index contributed by atoms with van der Waals surface area (Å²) in [7, 11) is 5.00. The van der Waals surface area contributed by atoms with Gasteiger partial charge in [0.2, 0.25) is 0 Å². The predicted octanol–water partition coefficient (Wildman–Crippen LogP) is 6.36. The maximum Gasteiger partial charge on any atom is 0.309 e. The van der Waals surface area contributed by atoms with Crippen LogP contribution in [-0.2, 0) is 47.4 Å². The van der Waals surface area contributed by atoms with E-state index in [0.717, 1.165) is 44.9 Å². The van der Waals surface area contributed by atoms with Crippen LogP contribution in [0.15, 0.2) is 0 Å². The summed E-state index contributed by atoms with van der Waals surface area (Å²) in [5, 5.41) is 9.40. The maximum absolute atomic E-state index is 15.0. The molecule has 298 valence electrons. The fraction of sp³-hybridized carbons (Fsp3) is 0.974. The highest BCUT2D eigenvalue weighted by molar-refractivity contribution is 5.70. The van der Waals surface area contributed by atoms with E-state index in [1.165, 1.54) is 6.92 Å². The van der Waals surface area contributed by atoms with Gasteiger partial charge in [0, 0.05) is 26.7 Å². The lowest BCUT2D eigenvalue weighted by Crippen LogP contribution is -2.63. The van der Waals surface area contributed by atoms with Crippen LogP contribution in [0.25, 0.3) is 0 Å². The van der Waals surface area contributed by atoms with Crippen molar-refractivity contribution in [3.05, 3.63) is 0 Å². The molecule has 4 aliphatic rings. The summed E-state index contributed by atoms with van der Waals surface area (Å²) < 4.78 is 67.8. The number of rotatable bonds is 24. The molecule has 0 aromatic rings. The fourth-order valence-electron chi connectivity index (χ4n) is 10.7. The molecule has 4 rings (SSSR count). The number of hydrogen-bond acceptors (Lipinski definition) is 10. The Hall–Kier alpha value is -0.960. The molecule has 0 aliphatic heterocycles. The van der Waals surface area contributed by atoms with Crippen LogP contribution in [0.4, 0.5) is 4.39 Å². The van der Waals surface area contributed by atoms with Crippen molar-refractivity contribution in [3.8, 4) is 0 Å². The average molecular weight is 733 g/mol. The fourth-order valence-corrected chi connectivity index (χ4v) is 10.7. The average Bonchev–Trinajstić information content (AvgIpc) is 3.48. The van der Waals surface area contributed by atoms with Crippen molar-refractivity contribution >= 4 is 5.97 Å².